The Bertz CT molecular complexity index is 1010. The molecule has 3 aromatic rings. The van der Waals surface area contributed by atoms with E-state index in [2.05, 4.69) is 16.7 Å². The van der Waals surface area contributed by atoms with Gasteiger partial charge < -0.3 is 10.5 Å². The highest BCUT2D eigenvalue weighted by atomic mass is 19.1. The summed E-state index contributed by atoms with van der Waals surface area (Å²) in [4.78, 5) is 2.33. The molecule has 29 heavy (non-hydrogen) atoms. The predicted molar refractivity (Wildman–Crippen MR) is 112 cm³/mol. The van der Waals surface area contributed by atoms with Crippen LogP contribution in [0.2, 0.25) is 0 Å². The van der Waals surface area contributed by atoms with Crippen molar-refractivity contribution in [1.29, 1.82) is 0 Å². The molecule has 2 heterocycles. The molecule has 4 rings (SSSR count). The maximum absolute atomic E-state index is 13.4. The molecule has 2 N–H and O–H groups in total. The van der Waals surface area contributed by atoms with Crippen molar-refractivity contribution in [2.75, 3.05) is 38.6 Å². The van der Waals surface area contributed by atoms with E-state index in [4.69, 9.17) is 15.6 Å². The second-order valence-electron chi connectivity index (χ2n) is 6.91. The van der Waals surface area contributed by atoms with Gasteiger partial charge in [0.2, 0.25) is 0 Å². The van der Waals surface area contributed by atoms with Crippen molar-refractivity contribution in [3.8, 4) is 23.1 Å². The van der Waals surface area contributed by atoms with Crippen LogP contribution in [0.4, 0.5) is 10.2 Å². The minimum Gasteiger partial charge on any atom is -0.383 e. The first-order valence-corrected chi connectivity index (χ1v) is 9.70. The molecule has 0 radical (unpaired) electrons. The highest BCUT2D eigenvalue weighted by Gasteiger charge is 2.17. The van der Waals surface area contributed by atoms with Gasteiger partial charge in [0.15, 0.2) is 0 Å². The van der Waals surface area contributed by atoms with Crippen LogP contribution in [0.3, 0.4) is 0 Å². The highest BCUT2D eigenvalue weighted by molar-refractivity contribution is 5.74. The molecule has 0 unspecified atom stereocenters. The molecule has 6 heteroatoms. The van der Waals surface area contributed by atoms with Gasteiger partial charge >= 0.3 is 0 Å². The van der Waals surface area contributed by atoms with Crippen LogP contribution < -0.4 is 5.73 Å². The van der Waals surface area contributed by atoms with Crippen LogP contribution >= 0.6 is 0 Å². The number of anilines is 1. The number of rotatable bonds is 4. The van der Waals surface area contributed by atoms with Crippen molar-refractivity contribution < 1.29 is 9.13 Å². The molecule has 148 valence electrons. The lowest BCUT2D eigenvalue weighted by molar-refractivity contribution is 0.0360. The Morgan fingerprint density at radius 2 is 1.69 bits per heavy atom. The average Bonchev–Trinajstić information content (AvgIpc) is 3.08. The van der Waals surface area contributed by atoms with Crippen molar-refractivity contribution in [3.63, 3.8) is 0 Å². The molecular formula is C23H23FN4O. The van der Waals surface area contributed by atoms with E-state index in [0.717, 1.165) is 44.0 Å². The summed E-state index contributed by atoms with van der Waals surface area (Å²) < 4.78 is 20.6. The van der Waals surface area contributed by atoms with Crippen LogP contribution in [0.1, 0.15) is 11.1 Å². The van der Waals surface area contributed by atoms with E-state index in [1.807, 2.05) is 30.3 Å². The monoisotopic (exact) mass is 390 g/mol. The second-order valence-corrected chi connectivity index (χ2v) is 6.91. The van der Waals surface area contributed by atoms with Gasteiger partial charge in [0, 0.05) is 30.8 Å². The van der Waals surface area contributed by atoms with Gasteiger partial charge in [0.05, 0.1) is 25.3 Å². The number of halogens is 1. The molecule has 0 aliphatic carbocycles. The van der Waals surface area contributed by atoms with Gasteiger partial charge in [-0.1, -0.05) is 30.0 Å². The van der Waals surface area contributed by atoms with E-state index in [1.54, 1.807) is 16.8 Å². The van der Waals surface area contributed by atoms with E-state index < -0.39 is 0 Å². The number of aromatic nitrogens is 2. The van der Waals surface area contributed by atoms with Crippen LogP contribution in [0.5, 0.6) is 0 Å². The minimum absolute atomic E-state index is 0.287. The molecule has 1 aliphatic heterocycles. The summed E-state index contributed by atoms with van der Waals surface area (Å²) in [6, 6.07) is 16.0. The average molecular weight is 390 g/mol. The van der Waals surface area contributed by atoms with E-state index >= 15 is 0 Å². The fourth-order valence-corrected chi connectivity index (χ4v) is 3.30. The van der Waals surface area contributed by atoms with Crippen LogP contribution in [-0.4, -0.2) is 47.5 Å². The topological polar surface area (TPSA) is 56.3 Å². The third-order valence-corrected chi connectivity index (χ3v) is 4.95. The summed E-state index contributed by atoms with van der Waals surface area (Å²) in [5.74, 6) is 6.58. The molecule has 0 spiro atoms. The molecule has 1 aliphatic rings. The summed E-state index contributed by atoms with van der Waals surface area (Å²) in [5, 5.41) is 4.72. The number of nitrogens with two attached hydrogens (primary N) is 1. The lowest BCUT2D eigenvalue weighted by Crippen LogP contribution is -2.38. The van der Waals surface area contributed by atoms with E-state index in [-0.39, 0.29) is 5.82 Å². The molecule has 0 atom stereocenters. The molecule has 2 aromatic carbocycles. The lowest BCUT2D eigenvalue weighted by atomic mass is 10.1. The van der Waals surface area contributed by atoms with Crippen molar-refractivity contribution >= 4 is 5.82 Å². The maximum Gasteiger partial charge on any atom is 0.138 e. The van der Waals surface area contributed by atoms with Gasteiger partial charge in [0.25, 0.3) is 0 Å². The zero-order chi connectivity index (χ0) is 20.1. The molecule has 1 aromatic heterocycles. The number of morpholine rings is 1. The third-order valence-electron chi connectivity index (χ3n) is 4.95. The number of hydrogen-bond acceptors (Lipinski definition) is 4. The van der Waals surface area contributed by atoms with Gasteiger partial charge in [-0.2, -0.15) is 5.10 Å². The Hall–Kier alpha value is -3.14. The Labute approximate surface area is 169 Å². The Kier molecular flexibility index (Phi) is 5.89. The van der Waals surface area contributed by atoms with Crippen LogP contribution in [0, 0.1) is 17.7 Å². The molecule has 5 nitrogen and oxygen atoms in total. The highest BCUT2D eigenvalue weighted by Crippen LogP contribution is 2.27. The SMILES string of the molecule is Nc1c(C#Cc2ccccc2)c(-c2ccc(F)cc2)nn1CCN1CCOCC1. The number of hydrogen-bond donors (Lipinski definition) is 1. The minimum atomic E-state index is -0.287. The molecule has 1 fully saturated rings. The fourth-order valence-electron chi connectivity index (χ4n) is 3.30. The fraction of sp³-hybridized carbons (Fsp3) is 0.261. The zero-order valence-corrected chi connectivity index (χ0v) is 16.1. The number of benzene rings is 2. The predicted octanol–water partition coefficient (Wildman–Crippen LogP) is 3.00. The molecule has 0 saturated carbocycles. The molecule has 1 saturated heterocycles. The van der Waals surface area contributed by atoms with Crippen LogP contribution in [0.25, 0.3) is 11.3 Å². The van der Waals surface area contributed by atoms with Crippen molar-refractivity contribution in [2.45, 2.75) is 6.54 Å². The van der Waals surface area contributed by atoms with Gasteiger partial charge in [-0.25, -0.2) is 9.07 Å². The summed E-state index contributed by atoms with van der Waals surface area (Å²) >= 11 is 0. The first-order chi connectivity index (χ1) is 14.2. The largest absolute Gasteiger partial charge is 0.383 e. The normalized spacial score (nSPS) is 14.4. The maximum atomic E-state index is 13.4. The number of nitrogens with zero attached hydrogens (tertiary/aromatic N) is 3. The van der Waals surface area contributed by atoms with E-state index in [1.165, 1.54) is 12.1 Å². The van der Waals surface area contributed by atoms with Crippen LogP contribution in [0.15, 0.2) is 54.6 Å². The quantitative estimate of drug-likeness (QED) is 0.696. The second kappa shape index (κ2) is 8.91. The van der Waals surface area contributed by atoms with Gasteiger partial charge in [-0.3, -0.25) is 4.90 Å². The van der Waals surface area contributed by atoms with Crippen molar-refractivity contribution in [1.82, 2.24) is 14.7 Å². The number of ether oxygens (including phenoxy) is 1. The lowest BCUT2D eigenvalue weighted by Gasteiger charge is -2.26. The third kappa shape index (κ3) is 4.65. The summed E-state index contributed by atoms with van der Waals surface area (Å²) in [6.07, 6.45) is 0. The van der Waals surface area contributed by atoms with Crippen molar-refractivity contribution in [3.05, 3.63) is 71.5 Å². The summed E-state index contributed by atoms with van der Waals surface area (Å²) in [5.41, 5.74) is 9.47. The first-order valence-electron chi connectivity index (χ1n) is 9.70. The smallest absolute Gasteiger partial charge is 0.138 e. The molecule has 0 amide bonds. The van der Waals surface area contributed by atoms with E-state index in [9.17, 15) is 4.39 Å². The van der Waals surface area contributed by atoms with Crippen LogP contribution in [-0.2, 0) is 11.3 Å². The summed E-state index contributed by atoms with van der Waals surface area (Å²) in [6.45, 7) is 4.82. The van der Waals surface area contributed by atoms with Gasteiger partial charge in [0.1, 0.15) is 17.3 Å². The summed E-state index contributed by atoms with van der Waals surface area (Å²) in [7, 11) is 0. The Balaban J connectivity index is 1.66. The molecule has 0 bridgehead atoms. The molecular weight excluding hydrogens is 367 g/mol. The van der Waals surface area contributed by atoms with E-state index in [0.29, 0.717) is 23.6 Å². The first kappa shape index (κ1) is 19.2. The standard InChI is InChI=1S/C23H23FN4O/c24-20-9-7-19(8-10-20)22-21(11-6-18-4-2-1-3-5-18)23(25)28(26-22)13-12-27-14-16-29-17-15-27/h1-5,7-10H,12-17,25H2. The van der Waals surface area contributed by atoms with Crippen molar-refractivity contribution in [2.24, 2.45) is 0 Å². The Morgan fingerprint density at radius 1 is 0.966 bits per heavy atom. The van der Waals surface area contributed by atoms with Gasteiger partial charge in [-0.15, -0.1) is 0 Å². The number of nitrogen functional groups attached to an aromatic ring is 1. The van der Waals surface area contributed by atoms with Gasteiger partial charge in [-0.05, 0) is 36.4 Å². The zero-order valence-electron chi connectivity index (χ0n) is 16.1. The Morgan fingerprint density at radius 3 is 2.41 bits per heavy atom.